The summed E-state index contributed by atoms with van der Waals surface area (Å²) in [6, 6.07) is 3.82. The second-order valence-corrected chi connectivity index (χ2v) is 3.93. The average molecular weight is 232 g/mol. The zero-order valence-electron chi connectivity index (χ0n) is 9.61. The third kappa shape index (κ3) is 1.28. The molecule has 2 heterocycles. The molecule has 1 N–H and O–H groups in total. The van der Waals surface area contributed by atoms with Crippen LogP contribution in [0.3, 0.4) is 0 Å². The Labute approximate surface area is 97.6 Å². The quantitative estimate of drug-likeness (QED) is 0.722. The molecule has 0 aliphatic carbocycles. The maximum absolute atomic E-state index is 11.5. The summed E-state index contributed by atoms with van der Waals surface area (Å²) >= 11 is 0. The minimum atomic E-state index is -0.0888. The highest BCUT2D eigenvalue weighted by atomic mass is 16.5. The van der Waals surface area contributed by atoms with Crippen LogP contribution in [0.15, 0.2) is 23.1 Å². The SMILES string of the molecule is COc1cc2c(cc1OC)-c1c[nH]c(=O)n1C2. The maximum Gasteiger partial charge on any atom is 0.326 e. The molecule has 0 spiro atoms. The Morgan fingerprint density at radius 2 is 1.94 bits per heavy atom. The summed E-state index contributed by atoms with van der Waals surface area (Å²) in [5.74, 6) is 1.36. The fourth-order valence-corrected chi connectivity index (χ4v) is 2.24. The number of nitrogens with zero attached hydrogens (tertiary/aromatic N) is 1. The van der Waals surface area contributed by atoms with Crippen molar-refractivity contribution in [1.82, 2.24) is 9.55 Å². The van der Waals surface area contributed by atoms with Crippen LogP contribution >= 0.6 is 0 Å². The van der Waals surface area contributed by atoms with Gasteiger partial charge in [0.15, 0.2) is 11.5 Å². The van der Waals surface area contributed by atoms with Crippen LogP contribution in [-0.2, 0) is 6.54 Å². The molecule has 5 nitrogen and oxygen atoms in total. The molecule has 0 amide bonds. The first kappa shape index (κ1) is 10.0. The minimum absolute atomic E-state index is 0.0888. The van der Waals surface area contributed by atoms with Crippen molar-refractivity contribution in [3.8, 4) is 22.8 Å². The molecule has 0 fully saturated rings. The summed E-state index contributed by atoms with van der Waals surface area (Å²) in [6.07, 6.45) is 1.72. The summed E-state index contributed by atoms with van der Waals surface area (Å²) < 4.78 is 12.2. The van der Waals surface area contributed by atoms with Crippen molar-refractivity contribution >= 4 is 0 Å². The van der Waals surface area contributed by atoms with Crippen LogP contribution in [-0.4, -0.2) is 23.8 Å². The van der Waals surface area contributed by atoms with Gasteiger partial charge in [-0.25, -0.2) is 4.79 Å². The highest BCUT2D eigenvalue weighted by Crippen LogP contribution is 2.38. The number of H-pyrrole nitrogens is 1. The number of aromatic amines is 1. The molecule has 0 unspecified atom stereocenters. The molecule has 0 saturated carbocycles. The number of rotatable bonds is 2. The van der Waals surface area contributed by atoms with Crippen molar-refractivity contribution < 1.29 is 9.47 Å². The van der Waals surface area contributed by atoms with E-state index >= 15 is 0 Å². The summed E-state index contributed by atoms with van der Waals surface area (Å²) in [5.41, 5.74) is 2.89. The molecule has 1 aromatic heterocycles. The van der Waals surface area contributed by atoms with E-state index in [0.29, 0.717) is 18.0 Å². The first-order valence-electron chi connectivity index (χ1n) is 5.28. The van der Waals surface area contributed by atoms with Crippen LogP contribution in [0.5, 0.6) is 11.5 Å². The lowest BCUT2D eigenvalue weighted by Gasteiger charge is -2.09. The zero-order valence-corrected chi connectivity index (χ0v) is 9.61. The van der Waals surface area contributed by atoms with Crippen LogP contribution < -0.4 is 15.2 Å². The first-order valence-corrected chi connectivity index (χ1v) is 5.28. The molecule has 17 heavy (non-hydrogen) atoms. The highest BCUT2D eigenvalue weighted by molar-refractivity contribution is 5.71. The van der Waals surface area contributed by atoms with Gasteiger partial charge in [0.05, 0.1) is 26.5 Å². The van der Waals surface area contributed by atoms with Crippen molar-refractivity contribution in [2.45, 2.75) is 6.54 Å². The first-order chi connectivity index (χ1) is 8.24. The van der Waals surface area contributed by atoms with E-state index < -0.39 is 0 Å². The van der Waals surface area contributed by atoms with Crippen LogP contribution in [0.4, 0.5) is 0 Å². The van der Waals surface area contributed by atoms with E-state index in [2.05, 4.69) is 4.98 Å². The van der Waals surface area contributed by atoms with Gasteiger partial charge in [0.25, 0.3) is 0 Å². The Hall–Kier alpha value is -2.17. The standard InChI is InChI=1S/C12H12N2O3/c1-16-10-3-7-6-14-9(5-13-12(14)15)8(7)4-11(10)17-2/h3-5H,6H2,1-2H3,(H,13,15). The van der Waals surface area contributed by atoms with Gasteiger partial charge in [-0.15, -0.1) is 0 Å². The molecule has 0 saturated heterocycles. The summed E-state index contributed by atoms with van der Waals surface area (Å²) in [6.45, 7) is 0.577. The fourth-order valence-electron chi connectivity index (χ4n) is 2.24. The monoisotopic (exact) mass is 232 g/mol. The summed E-state index contributed by atoms with van der Waals surface area (Å²) in [4.78, 5) is 14.2. The second kappa shape index (κ2) is 3.41. The van der Waals surface area contributed by atoms with Crippen LogP contribution in [0.2, 0.25) is 0 Å². The molecule has 1 aliphatic rings. The number of nitrogens with one attached hydrogen (secondary N) is 1. The van der Waals surface area contributed by atoms with Gasteiger partial charge in [0.2, 0.25) is 0 Å². The lowest BCUT2D eigenvalue weighted by Crippen LogP contribution is -2.14. The lowest BCUT2D eigenvalue weighted by atomic mass is 10.1. The third-order valence-corrected chi connectivity index (χ3v) is 3.08. The smallest absolute Gasteiger partial charge is 0.326 e. The third-order valence-electron chi connectivity index (χ3n) is 3.08. The van der Waals surface area contributed by atoms with Gasteiger partial charge < -0.3 is 14.5 Å². The lowest BCUT2D eigenvalue weighted by molar-refractivity contribution is 0.355. The maximum atomic E-state index is 11.5. The van der Waals surface area contributed by atoms with E-state index in [1.54, 1.807) is 25.0 Å². The van der Waals surface area contributed by atoms with Gasteiger partial charge in [0, 0.05) is 11.8 Å². The molecule has 0 atom stereocenters. The number of aromatic nitrogens is 2. The van der Waals surface area contributed by atoms with E-state index in [-0.39, 0.29) is 5.69 Å². The van der Waals surface area contributed by atoms with Crippen molar-refractivity contribution in [2.75, 3.05) is 14.2 Å². The molecular formula is C12H12N2O3. The van der Waals surface area contributed by atoms with Crippen molar-refractivity contribution in [3.05, 3.63) is 34.4 Å². The molecule has 3 rings (SSSR count). The highest BCUT2D eigenvalue weighted by Gasteiger charge is 2.23. The van der Waals surface area contributed by atoms with E-state index in [4.69, 9.17) is 9.47 Å². The van der Waals surface area contributed by atoms with Crippen LogP contribution in [0.1, 0.15) is 5.56 Å². The zero-order chi connectivity index (χ0) is 12.0. The number of methoxy groups -OCH3 is 2. The molecule has 0 radical (unpaired) electrons. The van der Waals surface area contributed by atoms with Gasteiger partial charge in [0.1, 0.15) is 0 Å². The largest absolute Gasteiger partial charge is 0.493 e. The normalized spacial score (nSPS) is 12.1. The molecule has 0 bridgehead atoms. The Balaban J connectivity index is 2.23. The number of hydrogen-bond donors (Lipinski definition) is 1. The van der Waals surface area contributed by atoms with Gasteiger partial charge >= 0.3 is 5.69 Å². The predicted molar refractivity (Wildman–Crippen MR) is 62.7 cm³/mol. The number of imidazole rings is 1. The van der Waals surface area contributed by atoms with Crippen LogP contribution in [0.25, 0.3) is 11.3 Å². The molecule has 5 heteroatoms. The molecule has 2 aromatic rings. The molecule has 88 valence electrons. The number of benzene rings is 1. The van der Waals surface area contributed by atoms with E-state index in [0.717, 1.165) is 16.8 Å². The fraction of sp³-hybridized carbons (Fsp3) is 0.250. The Bertz CT molecular complexity index is 640. The van der Waals surface area contributed by atoms with E-state index in [1.807, 2.05) is 12.1 Å². The molecular weight excluding hydrogens is 220 g/mol. The predicted octanol–water partition coefficient (Wildman–Crippen LogP) is 1.22. The second-order valence-electron chi connectivity index (χ2n) is 3.93. The molecule has 1 aliphatic heterocycles. The van der Waals surface area contributed by atoms with Gasteiger partial charge in [-0.05, 0) is 17.7 Å². The number of ether oxygens (including phenoxy) is 2. The van der Waals surface area contributed by atoms with Crippen LogP contribution in [0, 0.1) is 0 Å². The summed E-state index contributed by atoms with van der Waals surface area (Å²) in [5, 5.41) is 0. The van der Waals surface area contributed by atoms with E-state index in [1.165, 1.54) is 0 Å². The topological polar surface area (TPSA) is 56.2 Å². The van der Waals surface area contributed by atoms with Gasteiger partial charge in [-0.2, -0.15) is 0 Å². The van der Waals surface area contributed by atoms with Gasteiger partial charge in [-0.1, -0.05) is 0 Å². The Kier molecular flexibility index (Phi) is 2.01. The Morgan fingerprint density at radius 1 is 1.24 bits per heavy atom. The molecule has 1 aromatic carbocycles. The van der Waals surface area contributed by atoms with Gasteiger partial charge in [-0.3, -0.25) is 4.57 Å². The van der Waals surface area contributed by atoms with Crippen molar-refractivity contribution in [3.63, 3.8) is 0 Å². The van der Waals surface area contributed by atoms with E-state index in [9.17, 15) is 4.79 Å². The number of hydrogen-bond acceptors (Lipinski definition) is 3. The van der Waals surface area contributed by atoms with Crippen molar-refractivity contribution in [2.24, 2.45) is 0 Å². The number of fused-ring (bicyclic) bond motifs is 3. The summed E-state index contributed by atoms with van der Waals surface area (Å²) in [7, 11) is 3.20. The van der Waals surface area contributed by atoms with Crippen molar-refractivity contribution in [1.29, 1.82) is 0 Å². The minimum Gasteiger partial charge on any atom is -0.493 e. The Morgan fingerprint density at radius 3 is 2.65 bits per heavy atom. The average Bonchev–Trinajstić information content (AvgIpc) is 2.87.